The molecule has 2 rings (SSSR count). The number of benzene rings is 1. The topological polar surface area (TPSA) is 29.5 Å². The van der Waals surface area contributed by atoms with Crippen molar-refractivity contribution in [2.45, 2.75) is 19.3 Å². The summed E-state index contributed by atoms with van der Waals surface area (Å²) < 4.78 is 6.09. The summed E-state index contributed by atoms with van der Waals surface area (Å²) in [6.07, 6.45) is 2.94. The summed E-state index contributed by atoms with van der Waals surface area (Å²) in [6, 6.07) is 8.70. The Morgan fingerprint density at radius 3 is 2.53 bits per heavy atom. The first-order chi connectivity index (χ1) is 9.19. The van der Waals surface area contributed by atoms with Crippen molar-refractivity contribution >= 4 is 28.6 Å². The minimum atomic E-state index is -0.0442. The van der Waals surface area contributed by atoms with E-state index in [9.17, 15) is 4.79 Å². The van der Waals surface area contributed by atoms with Gasteiger partial charge in [0.1, 0.15) is 0 Å². The molecular weight excluding hydrogens is 353 g/mol. The summed E-state index contributed by atoms with van der Waals surface area (Å²) >= 11 is 2.33. The molecule has 0 aromatic heterocycles. The van der Waals surface area contributed by atoms with E-state index in [-0.39, 0.29) is 11.9 Å². The zero-order chi connectivity index (χ0) is 13.7. The van der Waals surface area contributed by atoms with E-state index in [1.54, 1.807) is 0 Å². The molecule has 104 valence electrons. The molecule has 1 aliphatic heterocycles. The Morgan fingerprint density at radius 1 is 1.32 bits per heavy atom. The van der Waals surface area contributed by atoms with Crippen LogP contribution >= 0.6 is 22.6 Å². The van der Waals surface area contributed by atoms with Gasteiger partial charge in [-0.25, -0.2) is 0 Å². The van der Waals surface area contributed by atoms with Crippen molar-refractivity contribution in [2.24, 2.45) is 5.92 Å². The number of ether oxygens (including phenoxy) is 1. The Balaban J connectivity index is 1.74. The van der Waals surface area contributed by atoms with E-state index < -0.39 is 0 Å². The fourth-order valence-corrected chi connectivity index (χ4v) is 2.86. The maximum atomic E-state index is 11.4. The zero-order valence-corrected chi connectivity index (χ0v) is 13.4. The zero-order valence-electron chi connectivity index (χ0n) is 11.3. The molecule has 1 heterocycles. The van der Waals surface area contributed by atoms with Crippen LogP contribution in [0.4, 0.5) is 0 Å². The van der Waals surface area contributed by atoms with E-state index >= 15 is 0 Å². The predicted molar refractivity (Wildman–Crippen MR) is 84.0 cm³/mol. The maximum Gasteiger partial charge on any atom is 0.308 e. The molecule has 0 N–H and O–H groups in total. The monoisotopic (exact) mass is 373 g/mol. The van der Waals surface area contributed by atoms with Gasteiger partial charge >= 0.3 is 5.97 Å². The SMILES string of the molecule is COC(=O)C1CCN(CCc2ccc(I)cc2)CC1. The highest BCUT2D eigenvalue weighted by molar-refractivity contribution is 14.1. The molecule has 4 heteroatoms. The van der Waals surface area contributed by atoms with Crippen molar-refractivity contribution in [3.05, 3.63) is 33.4 Å². The Hall–Kier alpha value is -0.620. The van der Waals surface area contributed by atoms with E-state index in [0.717, 1.165) is 38.9 Å². The molecule has 0 bridgehead atoms. The number of hydrogen-bond acceptors (Lipinski definition) is 3. The molecule has 0 unspecified atom stereocenters. The quantitative estimate of drug-likeness (QED) is 0.601. The highest BCUT2D eigenvalue weighted by Crippen LogP contribution is 2.18. The molecule has 0 saturated carbocycles. The Labute approximate surface area is 128 Å². The average Bonchev–Trinajstić information content (AvgIpc) is 2.46. The molecule has 0 amide bonds. The van der Waals surface area contributed by atoms with E-state index in [2.05, 4.69) is 51.8 Å². The third-order valence-electron chi connectivity index (χ3n) is 3.75. The van der Waals surface area contributed by atoms with Crippen LogP contribution in [0.5, 0.6) is 0 Å². The number of carbonyl (C=O) groups is 1. The molecule has 1 fully saturated rings. The van der Waals surface area contributed by atoms with Gasteiger partial charge in [-0.2, -0.15) is 0 Å². The van der Waals surface area contributed by atoms with Crippen molar-refractivity contribution in [3.8, 4) is 0 Å². The second-order valence-electron chi connectivity index (χ2n) is 5.02. The van der Waals surface area contributed by atoms with Crippen LogP contribution in [0.1, 0.15) is 18.4 Å². The van der Waals surface area contributed by atoms with Crippen LogP contribution in [-0.2, 0) is 16.0 Å². The Morgan fingerprint density at radius 2 is 1.95 bits per heavy atom. The van der Waals surface area contributed by atoms with Gasteiger partial charge < -0.3 is 9.64 Å². The van der Waals surface area contributed by atoms with Crippen LogP contribution in [0, 0.1) is 9.49 Å². The van der Waals surface area contributed by atoms with Crippen LogP contribution in [0.3, 0.4) is 0 Å². The van der Waals surface area contributed by atoms with Gasteiger partial charge in [-0.1, -0.05) is 12.1 Å². The van der Waals surface area contributed by atoms with Crippen LogP contribution < -0.4 is 0 Å². The number of likely N-dealkylation sites (tertiary alicyclic amines) is 1. The van der Waals surface area contributed by atoms with Crippen molar-refractivity contribution in [1.82, 2.24) is 4.90 Å². The summed E-state index contributed by atoms with van der Waals surface area (Å²) in [7, 11) is 1.48. The average molecular weight is 373 g/mol. The van der Waals surface area contributed by atoms with Gasteiger partial charge in [0.25, 0.3) is 0 Å². The maximum absolute atomic E-state index is 11.4. The van der Waals surface area contributed by atoms with Crippen LogP contribution in [0.25, 0.3) is 0 Å². The highest BCUT2D eigenvalue weighted by Gasteiger charge is 2.25. The molecule has 3 nitrogen and oxygen atoms in total. The summed E-state index contributed by atoms with van der Waals surface area (Å²) in [5, 5.41) is 0. The van der Waals surface area contributed by atoms with Gasteiger partial charge in [0.15, 0.2) is 0 Å². The molecule has 19 heavy (non-hydrogen) atoms. The molecule has 1 aromatic carbocycles. The number of esters is 1. The van der Waals surface area contributed by atoms with E-state index in [4.69, 9.17) is 4.74 Å². The highest BCUT2D eigenvalue weighted by atomic mass is 127. The number of piperidine rings is 1. The molecule has 1 aliphatic rings. The van der Waals surface area contributed by atoms with Gasteiger partial charge in [-0.3, -0.25) is 4.79 Å². The van der Waals surface area contributed by atoms with Crippen LogP contribution in [-0.4, -0.2) is 37.6 Å². The fourth-order valence-electron chi connectivity index (χ4n) is 2.50. The molecule has 1 aromatic rings. The number of hydrogen-bond donors (Lipinski definition) is 0. The second kappa shape index (κ2) is 7.24. The summed E-state index contributed by atoms with van der Waals surface area (Å²) in [6.45, 7) is 3.09. The van der Waals surface area contributed by atoms with Gasteiger partial charge in [0.05, 0.1) is 13.0 Å². The minimum absolute atomic E-state index is 0.0442. The smallest absolute Gasteiger partial charge is 0.308 e. The molecule has 0 spiro atoms. The van der Waals surface area contributed by atoms with Crippen molar-refractivity contribution in [1.29, 1.82) is 0 Å². The third kappa shape index (κ3) is 4.45. The van der Waals surface area contributed by atoms with E-state index in [1.807, 2.05) is 0 Å². The lowest BCUT2D eigenvalue weighted by Gasteiger charge is -2.30. The normalized spacial score (nSPS) is 17.4. The first-order valence-corrected chi connectivity index (χ1v) is 7.81. The number of methoxy groups -OCH3 is 1. The van der Waals surface area contributed by atoms with E-state index in [0.29, 0.717) is 0 Å². The second-order valence-corrected chi connectivity index (χ2v) is 6.26. The Kier molecular flexibility index (Phi) is 5.63. The predicted octanol–water partition coefficient (Wildman–Crippen LogP) is 2.72. The van der Waals surface area contributed by atoms with Gasteiger partial charge in [-0.05, 0) is 72.6 Å². The van der Waals surface area contributed by atoms with Crippen molar-refractivity contribution in [2.75, 3.05) is 26.7 Å². The first-order valence-electron chi connectivity index (χ1n) is 6.73. The fraction of sp³-hybridized carbons (Fsp3) is 0.533. The van der Waals surface area contributed by atoms with E-state index in [1.165, 1.54) is 16.2 Å². The molecule has 0 aliphatic carbocycles. The lowest BCUT2D eigenvalue weighted by Crippen LogP contribution is -2.37. The largest absolute Gasteiger partial charge is 0.469 e. The van der Waals surface area contributed by atoms with Crippen LogP contribution in [0.15, 0.2) is 24.3 Å². The van der Waals surface area contributed by atoms with Crippen LogP contribution in [0.2, 0.25) is 0 Å². The van der Waals surface area contributed by atoms with Gasteiger partial charge in [0.2, 0.25) is 0 Å². The van der Waals surface area contributed by atoms with Gasteiger partial charge in [-0.15, -0.1) is 0 Å². The summed E-state index contributed by atoms with van der Waals surface area (Å²) in [5.41, 5.74) is 1.38. The number of nitrogens with zero attached hydrogens (tertiary/aromatic N) is 1. The lowest BCUT2D eigenvalue weighted by molar-refractivity contribution is -0.147. The molecular formula is C15H20INO2. The number of halogens is 1. The molecule has 0 radical (unpaired) electrons. The molecule has 1 saturated heterocycles. The minimum Gasteiger partial charge on any atom is -0.469 e. The summed E-state index contributed by atoms with van der Waals surface area (Å²) in [5.74, 6) is 0.0665. The summed E-state index contributed by atoms with van der Waals surface area (Å²) in [4.78, 5) is 13.9. The number of rotatable bonds is 4. The Bertz CT molecular complexity index is 411. The lowest BCUT2D eigenvalue weighted by atomic mass is 9.97. The van der Waals surface area contributed by atoms with Crippen molar-refractivity contribution in [3.63, 3.8) is 0 Å². The third-order valence-corrected chi connectivity index (χ3v) is 4.47. The van der Waals surface area contributed by atoms with Crippen molar-refractivity contribution < 1.29 is 9.53 Å². The molecule has 0 atom stereocenters. The van der Waals surface area contributed by atoms with Gasteiger partial charge in [0, 0.05) is 10.1 Å². The number of carbonyl (C=O) groups excluding carboxylic acids is 1. The first kappa shape index (κ1) is 14.8. The standard InChI is InChI=1S/C15H20INO2/c1-19-15(18)13-7-10-17(11-8-13)9-6-12-2-4-14(16)5-3-12/h2-5,13H,6-11H2,1H3.